The van der Waals surface area contributed by atoms with Crippen LogP contribution in [-0.2, 0) is 16.0 Å². The third kappa shape index (κ3) is 4.12. The van der Waals surface area contributed by atoms with Gasteiger partial charge in [-0.25, -0.2) is 0 Å². The van der Waals surface area contributed by atoms with Crippen LogP contribution in [0.1, 0.15) is 43.2 Å². The Morgan fingerprint density at radius 3 is 2.57 bits per heavy atom. The molecule has 0 bridgehead atoms. The van der Waals surface area contributed by atoms with E-state index < -0.39 is 0 Å². The fourth-order valence-electron chi connectivity index (χ4n) is 3.24. The van der Waals surface area contributed by atoms with E-state index in [1.165, 1.54) is 11.1 Å². The second-order valence-electron chi connectivity index (χ2n) is 6.84. The second kappa shape index (κ2) is 7.16. The van der Waals surface area contributed by atoms with Crippen LogP contribution >= 0.6 is 0 Å². The molecule has 0 radical (unpaired) electrons. The Balaban J connectivity index is 1.51. The van der Waals surface area contributed by atoms with Crippen molar-refractivity contribution in [1.29, 1.82) is 0 Å². The molecule has 2 fully saturated rings. The molecular weight excluding hydrogens is 288 g/mol. The molecule has 0 aromatic heterocycles. The number of amides is 2. The summed E-state index contributed by atoms with van der Waals surface area (Å²) in [5, 5.41) is 3.03. The van der Waals surface area contributed by atoms with E-state index in [4.69, 9.17) is 0 Å². The van der Waals surface area contributed by atoms with Gasteiger partial charge in [0.25, 0.3) is 0 Å². The molecule has 2 amide bonds. The topological polar surface area (TPSA) is 49.4 Å². The predicted molar refractivity (Wildman–Crippen MR) is 90.0 cm³/mol. The Hall–Kier alpha value is -1.84. The summed E-state index contributed by atoms with van der Waals surface area (Å²) >= 11 is 0. The summed E-state index contributed by atoms with van der Waals surface area (Å²) in [4.78, 5) is 26.7. The predicted octanol–water partition coefficient (Wildman–Crippen LogP) is 2.44. The highest BCUT2D eigenvalue weighted by atomic mass is 16.2. The van der Waals surface area contributed by atoms with Crippen molar-refractivity contribution in [2.24, 2.45) is 5.92 Å². The van der Waals surface area contributed by atoms with E-state index >= 15 is 0 Å². The zero-order valence-electron chi connectivity index (χ0n) is 13.9. The van der Waals surface area contributed by atoms with Gasteiger partial charge in [0.1, 0.15) is 6.04 Å². The molecule has 2 aliphatic rings. The Morgan fingerprint density at radius 2 is 1.87 bits per heavy atom. The maximum Gasteiger partial charge on any atom is 0.242 e. The minimum atomic E-state index is -0.255. The number of piperidine rings is 1. The molecule has 1 aliphatic carbocycles. The molecule has 4 nitrogen and oxygen atoms in total. The van der Waals surface area contributed by atoms with Crippen molar-refractivity contribution in [1.82, 2.24) is 10.2 Å². The number of rotatable bonds is 5. The molecule has 1 unspecified atom stereocenters. The van der Waals surface area contributed by atoms with Crippen molar-refractivity contribution >= 4 is 11.8 Å². The first-order valence-corrected chi connectivity index (χ1v) is 8.79. The normalized spacial score (nSPS) is 21.1. The molecule has 23 heavy (non-hydrogen) atoms. The molecule has 4 heteroatoms. The molecule has 3 rings (SSSR count). The third-order valence-electron chi connectivity index (χ3n) is 4.85. The Labute approximate surface area is 138 Å². The molecule has 124 valence electrons. The van der Waals surface area contributed by atoms with Gasteiger partial charge in [-0.3, -0.25) is 9.59 Å². The number of hydrogen-bond acceptors (Lipinski definition) is 2. The lowest BCUT2D eigenvalue weighted by Crippen LogP contribution is -2.52. The van der Waals surface area contributed by atoms with Crippen molar-refractivity contribution in [3.05, 3.63) is 35.4 Å². The first-order chi connectivity index (χ1) is 11.1. The van der Waals surface area contributed by atoms with E-state index in [-0.39, 0.29) is 23.8 Å². The van der Waals surface area contributed by atoms with Gasteiger partial charge in [-0.2, -0.15) is 0 Å². The van der Waals surface area contributed by atoms with E-state index in [1.807, 2.05) is 4.90 Å². The molecule has 1 aromatic rings. The van der Waals surface area contributed by atoms with Crippen molar-refractivity contribution < 1.29 is 9.59 Å². The van der Waals surface area contributed by atoms with Gasteiger partial charge in [-0.05, 0) is 51.0 Å². The summed E-state index contributed by atoms with van der Waals surface area (Å²) in [5.74, 6) is 0.408. The fraction of sp³-hybridized carbons (Fsp3) is 0.579. The minimum absolute atomic E-state index is 0.0193. The summed E-state index contributed by atoms with van der Waals surface area (Å²) < 4.78 is 0. The number of carbonyl (C=O) groups is 2. The number of carbonyl (C=O) groups excluding carboxylic acids is 2. The summed E-state index contributed by atoms with van der Waals surface area (Å²) in [6, 6.07) is 8.13. The summed E-state index contributed by atoms with van der Waals surface area (Å²) in [6.45, 7) is 3.44. The van der Waals surface area contributed by atoms with Gasteiger partial charge in [0, 0.05) is 19.0 Å². The van der Waals surface area contributed by atoms with Gasteiger partial charge in [-0.1, -0.05) is 29.8 Å². The van der Waals surface area contributed by atoms with Crippen LogP contribution in [-0.4, -0.2) is 35.8 Å². The largest absolute Gasteiger partial charge is 0.354 e. The van der Waals surface area contributed by atoms with Crippen LogP contribution in [0.5, 0.6) is 0 Å². The first kappa shape index (κ1) is 16.0. The Kier molecular flexibility index (Phi) is 4.99. The van der Waals surface area contributed by atoms with Gasteiger partial charge < -0.3 is 10.2 Å². The molecule has 1 heterocycles. The van der Waals surface area contributed by atoms with Crippen LogP contribution in [0.25, 0.3) is 0 Å². The highest BCUT2D eigenvalue weighted by molar-refractivity contribution is 5.89. The average Bonchev–Trinajstić information content (AvgIpc) is 3.41. The Morgan fingerprint density at radius 1 is 1.13 bits per heavy atom. The quantitative estimate of drug-likeness (QED) is 0.907. The molecule has 1 N–H and O–H groups in total. The molecule has 1 atom stereocenters. The number of hydrogen-bond donors (Lipinski definition) is 1. The fourth-order valence-corrected chi connectivity index (χ4v) is 3.24. The number of benzene rings is 1. The third-order valence-corrected chi connectivity index (χ3v) is 4.85. The SMILES string of the molecule is Cc1ccc(CCNC(=O)C2CCCCN2C(=O)C2CC2)cc1. The maximum atomic E-state index is 12.5. The van der Waals surface area contributed by atoms with Crippen LogP contribution < -0.4 is 5.32 Å². The van der Waals surface area contributed by atoms with Gasteiger partial charge >= 0.3 is 0 Å². The summed E-state index contributed by atoms with van der Waals surface area (Å²) in [5.41, 5.74) is 2.47. The van der Waals surface area contributed by atoms with E-state index in [0.29, 0.717) is 6.54 Å². The van der Waals surface area contributed by atoms with E-state index in [2.05, 4.69) is 36.5 Å². The van der Waals surface area contributed by atoms with E-state index in [9.17, 15) is 9.59 Å². The van der Waals surface area contributed by atoms with Gasteiger partial charge in [0.2, 0.25) is 11.8 Å². The van der Waals surface area contributed by atoms with Gasteiger partial charge in [-0.15, -0.1) is 0 Å². The van der Waals surface area contributed by atoms with Crippen LogP contribution in [0.4, 0.5) is 0 Å². The molecule has 1 saturated heterocycles. The molecule has 1 aliphatic heterocycles. The lowest BCUT2D eigenvalue weighted by atomic mass is 10.0. The summed E-state index contributed by atoms with van der Waals surface area (Å²) in [7, 11) is 0. The molecular formula is C19H26N2O2. The highest BCUT2D eigenvalue weighted by Crippen LogP contribution is 2.33. The van der Waals surface area contributed by atoms with Crippen molar-refractivity contribution in [2.45, 2.75) is 51.5 Å². The van der Waals surface area contributed by atoms with E-state index in [0.717, 1.165) is 45.1 Å². The second-order valence-corrected chi connectivity index (χ2v) is 6.84. The number of nitrogens with zero attached hydrogens (tertiary/aromatic N) is 1. The van der Waals surface area contributed by atoms with Gasteiger partial charge in [0.05, 0.1) is 0 Å². The highest BCUT2D eigenvalue weighted by Gasteiger charge is 2.39. The lowest BCUT2D eigenvalue weighted by Gasteiger charge is -2.35. The zero-order chi connectivity index (χ0) is 16.2. The zero-order valence-corrected chi connectivity index (χ0v) is 13.9. The van der Waals surface area contributed by atoms with Crippen LogP contribution in [0.2, 0.25) is 0 Å². The lowest BCUT2D eigenvalue weighted by molar-refractivity contribution is -0.143. The minimum Gasteiger partial charge on any atom is -0.354 e. The number of nitrogens with one attached hydrogen (secondary N) is 1. The summed E-state index contributed by atoms with van der Waals surface area (Å²) in [6.07, 6.45) is 5.68. The monoisotopic (exact) mass is 314 g/mol. The smallest absolute Gasteiger partial charge is 0.242 e. The molecule has 0 spiro atoms. The van der Waals surface area contributed by atoms with Crippen molar-refractivity contribution in [3.63, 3.8) is 0 Å². The van der Waals surface area contributed by atoms with Crippen LogP contribution in [0.15, 0.2) is 24.3 Å². The van der Waals surface area contributed by atoms with Gasteiger partial charge in [0.15, 0.2) is 0 Å². The molecule has 1 saturated carbocycles. The average molecular weight is 314 g/mol. The maximum absolute atomic E-state index is 12.5. The standard InChI is InChI=1S/C19H26N2O2/c1-14-5-7-15(8-6-14)11-12-20-18(22)17-4-2-3-13-21(17)19(23)16-9-10-16/h5-8,16-17H,2-4,9-13H2,1H3,(H,20,22). The number of likely N-dealkylation sites (tertiary alicyclic amines) is 1. The van der Waals surface area contributed by atoms with Crippen molar-refractivity contribution in [2.75, 3.05) is 13.1 Å². The van der Waals surface area contributed by atoms with E-state index in [1.54, 1.807) is 0 Å². The number of aryl methyl sites for hydroxylation is 1. The molecule has 1 aromatic carbocycles. The van der Waals surface area contributed by atoms with Crippen LogP contribution in [0.3, 0.4) is 0 Å². The van der Waals surface area contributed by atoms with Crippen molar-refractivity contribution in [3.8, 4) is 0 Å². The Bertz CT molecular complexity index is 563. The first-order valence-electron chi connectivity index (χ1n) is 8.79. The van der Waals surface area contributed by atoms with Crippen LogP contribution in [0, 0.1) is 12.8 Å².